The van der Waals surface area contributed by atoms with Crippen LogP contribution in [0.2, 0.25) is 0 Å². The summed E-state index contributed by atoms with van der Waals surface area (Å²) >= 11 is 0. The summed E-state index contributed by atoms with van der Waals surface area (Å²) < 4.78 is 4.98. The summed E-state index contributed by atoms with van der Waals surface area (Å²) in [5, 5.41) is 0. The molecule has 14 heavy (non-hydrogen) atoms. The molecule has 0 aliphatic rings. The van der Waals surface area contributed by atoms with E-state index in [1.54, 1.807) is 13.1 Å². The summed E-state index contributed by atoms with van der Waals surface area (Å²) in [5.41, 5.74) is 3.30. The second kappa shape index (κ2) is 4.22. The van der Waals surface area contributed by atoms with Crippen LogP contribution in [-0.2, 0) is 4.74 Å². The Morgan fingerprint density at radius 3 is 2.64 bits per heavy atom. The molecular formula is C11H15NO2. The fourth-order valence-corrected chi connectivity index (χ4v) is 1.35. The number of pyridine rings is 1. The van der Waals surface area contributed by atoms with Crippen LogP contribution in [0.25, 0.3) is 0 Å². The van der Waals surface area contributed by atoms with Gasteiger partial charge in [0.1, 0.15) is 0 Å². The number of carbonyl (C=O) groups is 1. The smallest absolute Gasteiger partial charge is 0.338 e. The van der Waals surface area contributed by atoms with E-state index in [-0.39, 0.29) is 5.97 Å². The largest absolute Gasteiger partial charge is 0.462 e. The molecule has 0 bridgehead atoms. The van der Waals surface area contributed by atoms with E-state index in [4.69, 9.17) is 4.74 Å². The van der Waals surface area contributed by atoms with Gasteiger partial charge in [-0.15, -0.1) is 0 Å². The normalized spacial score (nSPS) is 10.0. The van der Waals surface area contributed by atoms with Crippen LogP contribution in [0.1, 0.15) is 34.1 Å². The molecule has 0 amide bonds. The molecule has 0 spiro atoms. The van der Waals surface area contributed by atoms with E-state index in [0.717, 1.165) is 16.8 Å². The third-order valence-corrected chi connectivity index (χ3v) is 2.24. The van der Waals surface area contributed by atoms with Crippen molar-refractivity contribution < 1.29 is 9.53 Å². The lowest BCUT2D eigenvalue weighted by Gasteiger charge is -2.09. The van der Waals surface area contributed by atoms with Crippen molar-refractivity contribution in [3.63, 3.8) is 0 Å². The molecule has 0 N–H and O–H groups in total. The zero-order valence-electron chi connectivity index (χ0n) is 9.05. The highest BCUT2D eigenvalue weighted by Gasteiger charge is 2.14. The van der Waals surface area contributed by atoms with Crippen molar-refractivity contribution >= 4 is 5.97 Å². The zero-order valence-corrected chi connectivity index (χ0v) is 9.05. The van der Waals surface area contributed by atoms with Crippen LogP contribution in [0.3, 0.4) is 0 Å². The number of rotatable bonds is 2. The molecule has 0 aliphatic carbocycles. The molecule has 3 nitrogen and oxygen atoms in total. The molecule has 3 heteroatoms. The van der Waals surface area contributed by atoms with E-state index in [1.807, 2.05) is 20.8 Å². The van der Waals surface area contributed by atoms with Gasteiger partial charge in [0.15, 0.2) is 0 Å². The Morgan fingerprint density at radius 2 is 2.07 bits per heavy atom. The van der Waals surface area contributed by atoms with E-state index in [1.165, 1.54) is 0 Å². The molecule has 0 atom stereocenters. The minimum Gasteiger partial charge on any atom is -0.462 e. The van der Waals surface area contributed by atoms with E-state index >= 15 is 0 Å². The molecule has 1 heterocycles. The number of carbonyl (C=O) groups excluding carboxylic acids is 1. The number of esters is 1. The Morgan fingerprint density at radius 1 is 1.43 bits per heavy atom. The first-order valence-electron chi connectivity index (χ1n) is 4.67. The number of nitrogens with zero attached hydrogens (tertiary/aromatic N) is 1. The molecule has 0 fully saturated rings. The van der Waals surface area contributed by atoms with Crippen molar-refractivity contribution in [3.8, 4) is 0 Å². The van der Waals surface area contributed by atoms with Crippen LogP contribution in [0.15, 0.2) is 6.20 Å². The molecule has 1 rings (SSSR count). The average Bonchev–Trinajstić information content (AvgIpc) is 2.13. The van der Waals surface area contributed by atoms with Crippen molar-refractivity contribution in [1.82, 2.24) is 4.98 Å². The third-order valence-electron chi connectivity index (χ3n) is 2.24. The van der Waals surface area contributed by atoms with Crippen LogP contribution in [0, 0.1) is 20.8 Å². The maximum absolute atomic E-state index is 11.6. The molecule has 0 saturated heterocycles. The van der Waals surface area contributed by atoms with Crippen molar-refractivity contribution in [2.75, 3.05) is 6.61 Å². The monoisotopic (exact) mass is 193 g/mol. The summed E-state index contributed by atoms with van der Waals surface area (Å²) in [6, 6.07) is 0. The number of hydrogen-bond acceptors (Lipinski definition) is 3. The lowest BCUT2D eigenvalue weighted by Crippen LogP contribution is -2.10. The molecule has 0 aromatic carbocycles. The number of hydrogen-bond donors (Lipinski definition) is 0. The van der Waals surface area contributed by atoms with Crippen LogP contribution >= 0.6 is 0 Å². The van der Waals surface area contributed by atoms with Crippen molar-refractivity contribution in [2.45, 2.75) is 27.7 Å². The van der Waals surface area contributed by atoms with Gasteiger partial charge in [-0.3, -0.25) is 4.98 Å². The minimum absolute atomic E-state index is 0.256. The predicted octanol–water partition coefficient (Wildman–Crippen LogP) is 2.18. The van der Waals surface area contributed by atoms with Crippen molar-refractivity contribution in [3.05, 3.63) is 28.6 Å². The summed E-state index contributed by atoms with van der Waals surface area (Å²) in [7, 11) is 0. The Labute approximate surface area is 84.1 Å². The number of aryl methyl sites for hydroxylation is 2. The third kappa shape index (κ3) is 1.92. The van der Waals surface area contributed by atoms with Gasteiger partial charge >= 0.3 is 5.97 Å². The first-order chi connectivity index (χ1) is 6.57. The van der Waals surface area contributed by atoms with E-state index in [2.05, 4.69) is 4.98 Å². The fourth-order valence-electron chi connectivity index (χ4n) is 1.35. The lowest BCUT2D eigenvalue weighted by atomic mass is 10.0. The van der Waals surface area contributed by atoms with Crippen LogP contribution in [-0.4, -0.2) is 17.6 Å². The molecule has 0 saturated carbocycles. The fraction of sp³-hybridized carbons (Fsp3) is 0.455. The molecule has 1 aromatic heterocycles. The van der Waals surface area contributed by atoms with Crippen LogP contribution in [0.4, 0.5) is 0 Å². The standard InChI is InChI=1S/C11H15NO2/c1-5-14-11(13)10-7(2)6-12-9(4)8(10)3/h6H,5H2,1-4H3. The topological polar surface area (TPSA) is 39.2 Å². The molecule has 0 unspecified atom stereocenters. The number of aromatic nitrogens is 1. The summed E-state index contributed by atoms with van der Waals surface area (Å²) in [6.07, 6.45) is 1.70. The molecule has 0 radical (unpaired) electrons. The highest BCUT2D eigenvalue weighted by Crippen LogP contribution is 2.16. The number of ether oxygens (including phenoxy) is 1. The maximum Gasteiger partial charge on any atom is 0.338 e. The Bertz CT molecular complexity index is 359. The van der Waals surface area contributed by atoms with Gasteiger partial charge in [-0.05, 0) is 38.8 Å². The maximum atomic E-state index is 11.6. The quantitative estimate of drug-likeness (QED) is 0.676. The first-order valence-corrected chi connectivity index (χ1v) is 4.67. The van der Waals surface area contributed by atoms with Gasteiger partial charge in [0, 0.05) is 11.9 Å². The predicted molar refractivity (Wildman–Crippen MR) is 54.4 cm³/mol. The van der Waals surface area contributed by atoms with Gasteiger partial charge in [-0.2, -0.15) is 0 Å². The second-order valence-electron chi connectivity index (χ2n) is 3.25. The SMILES string of the molecule is CCOC(=O)c1c(C)cnc(C)c1C. The lowest BCUT2D eigenvalue weighted by molar-refractivity contribution is 0.0524. The van der Waals surface area contributed by atoms with Gasteiger partial charge in [-0.1, -0.05) is 0 Å². The molecule has 76 valence electrons. The average molecular weight is 193 g/mol. The summed E-state index contributed by atoms with van der Waals surface area (Å²) in [4.78, 5) is 15.8. The molecule has 1 aromatic rings. The highest BCUT2D eigenvalue weighted by atomic mass is 16.5. The second-order valence-corrected chi connectivity index (χ2v) is 3.25. The Balaban J connectivity index is 3.18. The Kier molecular flexibility index (Phi) is 3.23. The van der Waals surface area contributed by atoms with Gasteiger partial charge < -0.3 is 4.74 Å². The van der Waals surface area contributed by atoms with E-state index in [0.29, 0.717) is 12.2 Å². The Hall–Kier alpha value is -1.38. The van der Waals surface area contributed by atoms with Crippen LogP contribution in [0.5, 0.6) is 0 Å². The van der Waals surface area contributed by atoms with Crippen LogP contribution < -0.4 is 0 Å². The van der Waals surface area contributed by atoms with Gasteiger partial charge in [0.25, 0.3) is 0 Å². The van der Waals surface area contributed by atoms with Gasteiger partial charge in [-0.25, -0.2) is 4.79 Å². The molecule has 0 aliphatic heterocycles. The van der Waals surface area contributed by atoms with E-state index < -0.39 is 0 Å². The van der Waals surface area contributed by atoms with Gasteiger partial charge in [0.2, 0.25) is 0 Å². The first kappa shape index (κ1) is 10.7. The van der Waals surface area contributed by atoms with Gasteiger partial charge in [0.05, 0.1) is 12.2 Å². The summed E-state index contributed by atoms with van der Waals surface area (Å²) in [5.74, 6) is -0.256. The zero-order chi connectivity index (χ0) is 10.7. The van der Waals surface area contributed by atoms with E-state index in [9.17, 15) is 4.79 Å². The molecular weight excluding hydrogens is 178 g/mol. The van der Waals surface area contributed by atoms with Crippen molar-refractivity contribution in [1.29, 1.82) is 0 Å². The van der Waals surface area contributed by atoms with Crippen molar-refractivity contribution in [2.24, 2.45) is 0 Å². The minimum atomic E-state index is -0.256. The summed E-state index contributed by atoms with van der Waals surface area (Å²) in [6.45, 7) is 7.85. The highest BCUT2D eigenvalue weighted by molar-refractivity contribution is 5.92.